The highest BCUT2D eigenvalue weighted by atomic mass is 32.2. The van der Waals surface area contributed by atoms with Gasteiger partial charge in [0.2, 0.25) is 5.91 Å². The van der Waals surface area contributed by atoms with E-state index in [9.17, 15) is 4.79 Å². The summed E-state index contributed by atoms with van der Waals surface area (Å²) in [6.07, 6.45) is 10.8. The Hall–Kier alpha value is -1.03. The fourth-order valence-corrected chi connectivity index (χ4v) is 4.58. The van der Waals surface area contributed by atoms with Crippen LogP contribution in [0.4, 0.5) is 0 Å². The van der Waals surface area contributed by atoms with Crippen molar-refractivity contribution in [3.05, 3.63) is 30.1 Å². The van der Waals surface area contributed by atoms with Crippen LogP contribution in [-0.4, -0.2) is 28.1 Å². The molecule has 2 aliphatic rings. The summed E-state index contributed by atoms with van der Waals surface area (Å²) in [5, 5.41) is 0.203. The molecular weight excluding hydrogens is 268 g/mol. The lowest BCUT2D eigenvalue weighted by atomic mass is 10.0. The number of hydrogen-bond acceptors (Lipinski definition) is 3. The highest BCUT2D eigenvalue weighted by Gasteiger charge is 2.30. The van der Waals surface area contributed by atoms with Gasteiger partial charge in [0.05, 0.1) is 0 Å². The zero-order chi connectivity index (χ0) is 13.8. The molecule has 1 unspecified atom stereocenters. The molecule has 1 aliphatic heterocycles. The molecular formula is C16H22N2OS. The molecule has 20 heavy (non-hydrogen) atoms. The van der Waals surface area contributed by atoms with E-state index in [-0.39, 0.29) is 5.37 Å². The molecule has 0 N–H and O–H groups in total. The number of thioether (sulfide) groups is 1. The van der Waals surface area contributed by atoms with Gasteiger partial charge in [-0.2, -0.15) is 0 Å². The van der Waals surface area contributed by atoms with Crippen molar-refractivity contribution in [2.75, 3.05) is 12.3 Å². The third-order valence-corrected chi connectivity index (χ3v) is 5.70. The average Bonchev–Trinajstić information content (AvgIpc) is 3.17. The summed E-state index contributed by atoms with van der Waals surface area (Å²) in [5.74, 6) is 2.18. The highest BCUT2D eigenvalue weighted by Crippen LogP contribution is 2.38. The maximum absolute atomic E-state index is 12.5. The molecule has 0 bridgehead atoms. The number of aromatic nitrogens is 1. The number of hydrogen-bond donors (Lipinski definition) is 0. The fourth-order valence-electron chi connectivity index (χ4n) is 3.30. The second-order valence-corrected chi connectivity index (χ2v) is 6.97. The monoisotopic (exact) mass is 290 g/mol. The smallest absolute Gasteiger partial charge is 0.223 e. The van der Waals surface area contributed by atoms with Crippen LogP contribution in [0, 0.1) is 5.92 Å². The predicted octanol–water partition coefficient (Wildman–Crippen LogP) is 3.63. The van der Waals surface area contributed by atoms with Crippen LogP contribution in [0.3, 0.4) is 0 Å². The van der Waals surface area contributed by atoms with Crippen molar-refractivity contribution in [1.29, 1.82) is 0 Å². The van der Waals surface area contributed by atoms with Gasteiger partial charge in [0.15, 0.2) is 0 Å². The Labute approximate surface area is 125 Å². The summed E-state index contributed by atoms with van der Waals surface area (Å²) >= 11 is 1.87. The zero-order valence-electron chi connectivity index (χ0n) is 11.8. The normalized spacial score (nSPS) is 23.4. The Morgan fingerprint density at radius 1 is 1.30 bits per heavy atom. The fraction of sp³-hybridized carbons (Fsp3) is 0.625. The van der Waals surface area contributed by atoms with Crippen LogP contribution >= 0.6 is 11.8 Å². The quantitative estimate of drug-likeness (QED) is 0.849. The Morgan fingerprint density at radius 3 is 2.80 bits per heavy atom. The van der Waals surface area contributed by atoms with E-state index in [1.807, 2.05) is 36.3 Å². The van der Waals surface area contributed by atoms with Crippen molar-refractivity contribution >= 4 is 17.7 Å². The van der Waals surface area contributed by atoms with Gasteiger partial charge < -0.3 is 4.90 Å². The lowest BCUT2D eigenvalue weighted by Gasteiger charge is -2.24. The molecule has 1 aromatic heterocycles. The van der Waals surface area contributed by atoms with E-state index in [0.29, 0.717) is 5.91 Å². The minimum atomic E-state index is 0.203. The molecule has 3 rings (SSSR count). The van der Waals surface area contributed by atoms with E-state index in [1.165, 1.54) is 31.2 Å². The Bertz CT molecular complexity index is 445. The highest BCUT2D eigenvalue weighted by molar-refractivity contribution is 7.99. The molecule has 2 fully saturated rings. The first-order valence-corrected chi connectivity index (χ1v) is 8.70. The Kier molecular flexibility index (Phi) is 4.61. The largest absolute Gasteiger partial charge is 0.326 e. The summed E-state index contributed by atoms with van der Waals surface area (Å²) in [5.41, 5.74) is 1.21. The maximum Gasteiger partial charge on any atom is 0.223 e. The first-order valence-electron chi connectivity index (χ1n) is 7.65. The first-order chi connectivity index (χ1) is 9.84. The Balaban J connectivity index is 1.58. The van der Waals surface area contributed by atoms with E-state index >= 15 is 0 Å². The standard InChI is InChI=1S/C16H22N2OS/c19-15(6-5-13-3-1-2-4-13)18-11-12-20-16(18)14-7-9-17-10-8-14/h7-10,13,16H,1-6,11-12H2. The minimum Gasteiger partial charge on any atom is -0.326 e. The van der Waals surface area contributed by atoms with E-state index in [4.69, 9.17) is 0 Å². The molecule has 1 saturated carbocycles. The topological polar surface area (TPSA) is 33.2 Å². The van der Waals surface area contributed by atoms with Gasteiger partial charge in [-0.15, -0.1) is 11.8 Å². The van der Waals surface area contributed by atoms with Crippen LogP contribution in [0.2, 0.25) is 0 Å². The van der Waals surface area contributed by atoms with Gasteiger partial charge >= 0.3 is 0 Å². The van der Waals surface area contributed by atoms with Gasteiger partial charge in [0.25, 0.3) is 0 Å². The maximum atomic E-state index is 12.5. The van der Waals surface area contributed by atoms with E-state index in [2.05, 4.69) is 9.88 Å². The molecule has 1 aromatic rings. The second kappa shape index (κ2) is 6.61. The molecule has 1 amide bonds. The molecule has 0 spiro atoms. The van der Waals surface area contributed by atoms with Crippen molar-refractivity contribution in [2.24, 2.45) is 5.92 Å². The van der Waals surface area contributed by atoms with E-state index in [0.717, 1.165) is 31.1 Å². The summed E-state index contributed by atoms with van der Waals surface area (Å²) in [6, 6.07) is 4.06. The second-order valence-electron chi connectivity index (χ2n) is 5.78. The third-order valence-electron chi connectivity index (χ3n) is 4.44. The number of pyridine rings is 1. The van der Waals surface area contributed by atoms with Crippen molar-refractivity contribution in [3.8, 4) is 0 Å². The lowest BCUT2D eigenvalue weighted by Crippen LogP contribution is -2.30. The number of rotatable bonds is 4. The van der Waals surface area contributed by atoms with Crippen LogP contribution in [0.15, 0.2) is 24.5 Å². The summed E-state index contributed by atoms with van der Waals surface area (Å²) < 4.78 is 0. The number of carbonyl (C=O) groups is 1. The van der Waals surface area contributed by atoms with Crippen molar-refractivity contribution in [3.63, 3.8) is 0 Å². The Morgan fingerprint density at radius 2 is 2.05 bits per heavy atom. The van der Waals surface area contributed by atoms with Gasteiger partial charge in [-0.25, -0.2) is 0 Å². The van der Waals surface area contributed by atoms with E-state index < -0.39 is 0 Å². The van der Waals surface area contributed by atoms with Gasteiger partial charge in [-0.3, -0.25) is 9.78 Å². The summed E-state index contributed by atoms with van der Waals surface area (Å²) in [7, 11) is 0. The zero-order valence-corrected chi connectivity index (χ0v) is 12.6. The van der Waals surface area contributed by atoms with Crippen LogP contribution in [-0.2, 0) is 4.79 Å². The molecule has 4 heteroatoms. The molecule has 0 aromatic carbocycles. The molecule has 3 nitrogen and oxygen atoms in total. The molecule has 1 saturated heterocycles. The average molecular weight is 290 g/mol. The third kappa shape index (κ3) is 3.17. The summed E-state index contributed by atoms with van der Waals surface area (Å²) in [6.45, 7) is 0.890. The van der Waals surface area contributed by atoms with Crippen LogP contribution in [0.1, 0.15) is 49.5 Å². The van der Waals surface area contributed by atoms with Gasteiger partial charge in [0.1, 0.15) is 5.37 Å². The van der Waals surface area contributed by atoms with Gasteiger partial charge in [-0.1, -0.05) is 25.7 Å². The van der Waals surface area contributed by atoms with Crippen LogP contribution in [0.25, 0.3) is 0 Å². The summed E-state index contributed by atoms with van der Waals surface area (Å²) in [4.78, 5) is 18.6. The number of nitrogens with zero attached hydrogens (tertiary/aromatic N) is 2. The molecule has 1 atom stereocenters. The van der Waals surface area contributed by atoms with Crippen molar-refractivity contribution < 1.29 is 4.79 Å². The molecule has 1 aliphatic carbocycles. The minimum absolute atomic E-state index is 0.203. The molecule has 108 valence electrons. The van der Waals surface area contributed by atoms with Crippen LogP contribution < -0.4 is 0 Å². The molecule has 0 radical (unpaired) electrons. The first kappa shape index (κ1) is 13.9. The predicted molar refractivity (Wildman–Crippen MR) is 82.3 cm³/mol. The van der Waals surface area contributed by atoms with Crippen LogP contribution in [0.5, 0.6) is 0 Å². The van der Waals surface area contributed by atoms with Crippen molar-refractivity contribution in [2.45, 2.75) is 43.9 Å². The molecule has 2 heterocycles. The lowest BCUT2D eigenvalue weighted by molar-refractivity contribution is -0.131. The number of carbonyl (C=O) groups excluding carboxylic acids is 1. The van der Waals surface area contributed by atoms with Crippen molar-refractivity contribution in [1.82, 2.24) is 9.88 Å². The van der Waals surface area contributed by atoms with Gasteiger partial charge in [0, 0.05) is 31.1 Å². The van der Waals surface area contributed by atoms with E-state index in [1.54, 1.807) is 0 Å². The SMILES string of the molecule is O=C(CCC1CCCC1)N1CCSC1c1ccncc1. The number of amides is 1. The van der Waals surface area contributed by atoms with Gasteiger partial charge in [-0.05, 0) is 30.0 Å².